The lowest BCUT2D eigenvalue weighted by atomic mass is 10.0. The Hall–Kier alpha value is -2.36. The molecule has 0 saturated heterocycles. The molecule has 0 atom stereocenters. The summed E-state index contributed by atoms with van der Waals surface area (Å²) in [5.41, 5.74) is 4.95. The van der Waals surface area contributed by atoms with Gasteiger partial charge in [0.15, 0.2) is 0 Å². The summed E-state index contributed by atoms with van der Waals surface area (Å²) in [5.74, 6) is 0.631. The topological polar surface area (TPSA) is 50.8 Å². The fourth-order valence-electron chi connectivity index (χ4n) is 2.38. The van der Waals surface area contributed by atoms with Gasteiger partial charge < -0.3 is 4.74 Å². The quantitative estimate of drug-likeness (QED) is 0.762. The third kappa shape index (κ3) is 1.85. The van der Waals surface area contributed by atoms with E-state index in [1.807, 2.05) is 32.0 Å². The molecule has 0 radical (unpaired) electrons. The number of nitrogens with one attached hydrogen (secondary N) is 1. The molecule has 4 heteroatoms. The van der Waals surface area contributed by atoms with Crippen molar-refractivity contribution in [3.05, 3.63) is 41.7 Å². The molecule has 0 unspecified atom stereocenters. The van der Waals surface area contributed by atoms with Gasteiger partial charge in [-0.1, -0.05) is 18.2 Å². The summed E-state index contributed by atoms with van der Waals surface area (Å²) in [7, 11) is 1.64. The number of aromatic nitrogens is 3. The van der Waals surface area contributed by atoms with E-state index in [0.717, 1.165) is 33.4 Å². The van der Waals surface area contributed by atoms with E-state index in [9.17, 15) is 0 Å². The Bertz CT molecular complexity index is 727. The first-order chi connectivity index (χ1) is 9.20. The first kappa shape index (κ1) is 11.7. The third-order valence-electron chi connectivity index (χ3n) is 3.28. The number of ether oxygens (including phenoxy) is 1. The van der Waals surface area contributed by atoms with E-state index >= 15 is 0 Å². The highest BCUT2D eigenvalue weighted by Crippen LogP contribution is 2.34. The minimum Gasteiger partial charge on any atom is -0.481 e. The van der Waals surface area contributed by atoms with Crippen LogP contribution in [-0.2, 0) is 0 Å². The van der Waals surface area contributed by atoms with Crippen LogP contribution in [0.25, 0.3) is 22.0 Å². The van der Waals surface area contributed by atoms with Crippen LogP contribution in [0.1, 0.15) is 11.4 Å². The van der Waals surface area contributed by atoms with Crippen molar-refractivity contribution < 1.29 is 4.74 Å². The van der Waals surface area contributed by atoms with E-state index in [1.165, 1.54) is 0 Å². The molecule has 3 rings (SSSR count). The summed E-state index contributed by atoms with van der Waals surface area (Å²) >= 11 is 0. The minimum atomic E-state index is 0.631. The second-order valence-electron chi connectivity index (χ2n) is 4.55. The Morgan fingerprint density at radius 3 is 2.63 bits per heavy atom. The summed E-state index contributed by atoms with van der Waals surface area (Å²) < 4.78 is 5.43. The second kappa shape index (κ2) is 4.39. The van der Waals surface area contributed by atoms with Crippen LogP contribution in [-0.4, -0.2) is 22.3 Å². The summed E-state index contributed by atoms with van der Waals surface area (Å²) in [6.07, 6.45) is 0. The second-order valence-corrected chi connectivity index (χ2v) is 4.55. The van der Waals surface area contributed by atoms with Crippen molar-refractivity contribution in [2.75, 3.05) is 7.11 Å². The molecule has 0 spiro atoms. The number of rotatable bonds is 2. The number of aromatic amines is 1. The fourth-order valence-corrected chi connectivity index (χ4v) is 2.38. The van der Waals surface area contributed by atoms with Gasteiger partial charge in [0.2, 0.25) is 5.88 Å². The zero-order valence-electron chi connectivity index (χ0n) is 11.2. The number of hydrogen-bond donors (Lipinski definition) is 1. The maximum atomic E-state index is 5.43. The van der Waals surface area contributed by atoms with Crippen LogP contribution in [0.2, 0.25) is 0 Å². The predicted octanol–water partition coefficient (Wildman–Crippen LogP) is 3.25. The molecule has 2 heterocycles. The summed E-state index contributed by atoms with van der Waals surface area (Å²) in [6.45, 7) is 3.98. The fraction of sp³-hybridized carbons (Fsp3) is 0.200. The number of para-hydroxylation sites is 1. The largest absolute Gasteiger partial charge is 0.481 e. The van der Waals surface area contributed by atoms with Gasteiger partial charge in [0.05, 0.1) is 18.3 Å². The van der Waals surface area contributed by atoms with Crippen molar-refractivity contribution in [2.24, 2.45) is 0 Å². The van der Waals surface area contributed by atoms with Crippen LogP contribution in [0.4, 0.5) is 0 Å². The van der Waals surface area contributed by atoms with Gasteiger partial charge in [-0.25, -0.2) is 4.98 Å². The van der Waals surface area contributed by atoms with Crippen molar-refractivity contribution in [1.82, 2.24) is 15.2 Å². The van der Waals surface area contributed by atoms with Crippen LogP contribution >= 0.6 is 0 Å². The van der Waals surface area contributed by atoms with E-state index in [-0.39, 0.29) is 0 Å². The van der Waals surface area contributed by atoms with Gasteiger partial charge >= 0.3 is 0 Å². The van der Waals surface area contributed by atoms with Gasteiger partial charge in [-0.3, -0.25) is 5.10 Å². The van der Waals surface area contributed by atoms with Crippen LogP contribution in [0, 0.1) is 13.8 Å². The lowest BCUT2D eigenvalue weighted by molar-refractivity contribution is 0.401. The van der Waals surface area contributed by atoms with Gasteiger partial charge in [-0.15, -0.1) is 0 Å². The molecule has 0 aliphatic carbocycles. The maximum Gasteiger partial charge on any atom is 0.221 e. The van der Waals surface area contributed by atoms with Gasteiger partial charge in [0, 0.05) is 22.2 Å². The van der Waals surface area contributed by atoms with E-state index < -0.39 is 0 Å². The molecule has 3 aromatic rings. The van der Waals surface area contributed by atoms with Gasteiger partial charge in [-0.2, -0.15) is 5.10 Å². The first-order valence-electron chi connectivity index (χ1n) is 6.16. The normalized spacial score (nSPS) is 10.9. The van der Waals surface area contributed by atoms with Crippen LogP contribution < -0.4 is 4.74 Å². The Morgan fingerprint density at radius 2 is 1.95 bits per heavy atom. The number of benzene rings is 1. The molecule has 96 valence electrons. The van der Waals surface area contributed by atoms with Crippen molar-refractivity contribution in [3.63, 3.8) is 0 Å². The number of hydrogen-bond acceptors (Lipinski definition) is 3. The number of H-pyrrole nitrogens is 1. The Balaban J connectivity index is 2.33. The van der Waals surface area contributed by atoms with Crippen molar-refractivity contribution in [2.45, 2.75) is 13.8 Å². The highest BCUT2D eigenvalue weighted by atomic mass is 16.5. The smallest absolute Gasteiger partial charge is 0.221 e. The molecule has 2 aromatic heterocycles. The Kier molecular flexibility index (Phi) is 2.71. The van der Waals surface area contributed by atoms with Crippen molar-refractivity contribution >= 4 is 10.9 Å². The maximum absolute atomic E-state index is 5.43. The van der Waals surface area contributed by atoms with E-state index in [1.54, 1.807) is 7.11 Å². The van der Waals surface area contributed by atoms with E-state index in [4.69, 9.17) is 4.74 Å². The molecule has 19 heavy (non-hydrogen) atoms. The van der Waals surface area contributed by atoms with Gasteiger partial charge in [-0.05, 0) is 26.0 Å². The molecule has 0 amide bonds. The molecule has 0 bridgehead atoms. The molecular weight excluding hydrogens is 238 g/mol. The Morgan fingerprint density at radius 1 is 1.16 bits per heavy atom. The molecule has 0 aliphatic rings. The van der Waals surface area contributed by atoms with Crippen molar-refractivity contribution in [3.8, 4) is 17.0 Å². The molecule has 0 fully saturated rings. The molecule has 0 aliphatic heterocycles. The number of aryl methyl sites for hydroxylation is 2. The highest BCUT2D eigenvalue weighted by molar-refractivity contribution is 5.87. The standard InChI is InChI=1S/C15H15N3O/c1-9-14(10(2)18-17-9)12-8-11-6-4-5-7-13(11)16-15(12)19-3/h4-8H,1-3H3,(H,17,18). The predicted molar refractivity (Wildman–Crippen MR) is 75.4 cm³/mol. The van der Waals surface area contributed by atoms with Crippen LogP contribution in [0.5, 0.6) is 5.88 Å². The molecule has 1 N–H and O–H groups in total. The summed E-state index contributed by atoms with van der Waals surface area (Å²) in [5, 5.41) is 8.34. The van der Waals surface area contributed by atoms with Crippen molar-refractivity contribution in [1.29, 1.82) is 0 Å². The average molecular weight is 253 g/mol. The van der Waals surface area contributed by atoms with Crippen LogP contribution in [0.3, 0.4) is 0 Å². The highest BCUT2D eigenvalue weighted by Gasteiger charge is 2.15. The SMILES string of the molecule is COc1nc2ccccc2cc1-c1c(C)n[nH]c1C. The average Bonchev–Trinajstić information content (AvgIpc) is 2.76. The molecule has 4 nitrogen and oxygen atoms in total. The first-order valence-corrected chi connectivity index (χ1v) is 6.16. The number of pyridine rings is 1. The molecule has 0 saturated carbocycles. The van der Waals surface area contributed by atoms with Gasteiger partial charge in [0.1, 0.15) is 0 Å². The lowest BCUT2D eigenvalue weighted by Crippen LogP contribution is -1.94. The van der Waals surface area contributed by atoms with E-state index in [2.05, 4.69) is 27.3 Å². The monoisotopic (exact) mass is 253 g/mol. The zero-order chi connectivity index (χ0) is 13.4. The zero-order valence-corrected chi connectivity index (χ0v) is 11.2. The van der Waals surface area contributed by atoms with E-state index in [0.29, 0.717) is 5.88 Å². The molecule has 1 aromatic carbocycles. The number of nitrogens with zero attached hydrogens (tertiary/aromatic N) is 2. The summed E-state index contributed by atoms with van der Waals surface area (Å²) in [4.78, 5) is 4.57. The Labute approximate surface area is 111 Å². The van der Waals surface area contributed by atoms with Crippen LogP contribution in [0.15, 0.2) is 30.3 Å². The molecular formula is C15H15N3O. The van der Waals surface area contributed by atoms with Gasteiger partial charge in [0.25, 0.3) is 0 Å². The summed E-state index contributed by atoms with van der Waals surface area (Å²) in [6, 6.07) is 10.1. The lowest BCUT2D eigenvalue weighted by Gasteiger charge is -2.09. The number of fused-ring (bicyclic) bond motifs is 1. The third-order valence-corrected chi connectivity index (χ3v) is 3.28. The number of methoxy groups -OCH3 is 1. The minimum absolute atomic E-state index is 0.631.